The first-order valence-corrected chi connectivity index (χ1v) is 11.4. The van der Waals surface area contributed by atoms with Crippen molar-refractivity contribution in [1.29, 1.82) is 0 Å². The highest BCUT2D eigenvalue weighted by Gasteiger charge is 2.35. The number of ether oxygens (including phenoxy) is 1. The van der Waals surface area contributed by atoms with E-state index in [4.69, 9.17) is 27.9 Å². The minimum atomic E-state index is -0.968. The lowest BCUT2D eigenvalue weighted by atomic mass is 9.94. The van der Waals surface area contributed by atoms with Crippen LogP contribution in [0.5, 0.6) is 0 Å². The topological polar surface area (TPSA) is 87.0 Å². The molecule has 2 aliphatic heterocycles. The number of esters is 1. The number of carbonyl (C=O) groups excluding carboxylic acids is 1. The average molecular weight is 511 g/mol. The van der Waals surface area contributed by atoms with Gasteiger partial charge in [-0.3, -0.25) is 9.89 Å². The van der Waals surface area contributed by atoms with Crippen LogP contribution in [-0.2, 0) is 9.53 Å². The fraction of sp³-hybridized carbons (Fsp3) is 0.348. The van der Waals surface area contributed by atoms with Gasteiger partial charge in [0.1, 0.15) is 17.6 Å². The Morgan fingerprint density at radius 1 is 1.32 bits per heavy atom. The molecule has 1 aromatic heterocycles. The number of amidine groups is 1. The van der Waals surface area contributed by atoms with Gasteiger partial charge in [0.15, 0.2) is 11.7 Å². The fourth-order valence-corrected chi connectivity index (χ4v) is 4.64. The van der Waals surface area contributed by atoms with Gasteiger partial charge in [-0.15, -0.1) is 0 Å². The first-order chi connectivity index (χ1) is 16.3. The molecule has 1 saturated heterocycles. The monoisotopic (exact) mass is 510 g/mol. The van der Waals surface area contributed by atoms with Crippen molar-refractivity contribution in [2.45, 2.75) is 25.0 Å². The number of nitrogens with zero attached hydrogens (tertiary/aromatic N) is 3. The molecule has 3 heterocycles. The van der Waals surface area contributed by atoms with Crippen LogP contribution in [0.2, 0.25) is 10.0 Å². The van der Waals surface area contributed by atoms with Crippen LogP contribution < -0.4 is 5.32 Å². The van der Waals surface area contributed by atoms with Gasteiger partial charge in [-0.05, 0) is 31.5 Å². The number of piperidine rings is 1. The maximum atomic E-state index is 14.6. The van der Waals surface area contributed by atoms with Gasteiger partial charge in [0, 0.05) is 40.5 Å². The Kier molecular flexibility index (Phi) is 7.47. The van der Waals surface area contributed by atoms with Gasteiger partial charge in [-0.1, -0.05) is 29.3 Å². The number of methoxy groups -OCH3 is 1. The molecule has 2 N–H and O–H groups in total. The first-order valence-electron chi connectivity index (χ1n) is 10.6. The maximum absolute atomic E-state index is 14.6. The summed E-state index contributed by atoms with van der Waals surface area (Å²) in [6, 6.07) is 4.48. The molecule has 2 aliphatic rings. The maximum Gasteiger partial charge on any atom is 0.338 e. The Balaban J connectivity index is 1.85. The van der Waals surface area contributed by atoms with Crippen LogP contribution in [0.25, 0.3) is 0 Å². The van der Waals surface area contributed by atoms with E-state index >= 15 is 0 Å². The number of pyridine rings is 1. The van der Waals surface area contributed by atoms with E-state index in [2.05, 4.69) is 15.3 Å². The van der Waals surface area contributed by atoms with Gasteiger partial charge in [0.2, 0.25) is 0 Å². The number of aliphatic hydroxyl groups is 1. The predicted octanol–water partition coefficient (Wildman–Crippen LogP) is 3.64. The van der Waals surface area contributed by atoms with Gasteiger partial charge in [-0.25, -0.2) is 18.6 Å². The summed E-state index contributed by atoms with van der Waals surface area (Å²) in [5, 5.41) is 13.7. The molecular formula is C23H22Cl2F2N4O3. The fourth-order valence-electron chi connectivity index (χ4n) is 4.13. The average Bonchev–Trinajstić information content (AvgIpc) is 2.78. The standard InChI is InChI=1S/C23H22Cl2F2N4O3/c1-34-23(33)19-18(11-31-6-2-3-14(32)10-31)29-22(21-17(27)8-13(26)9-28-21)30-20(19)15-5-4-12(24)7-16(15)25/h4-5,7-9,14,20,32H,2-3,6,10-11H2,1H3,(H,29,30). The number of aliphatic hydroxyl groups excluding tert-OH is 1. The summed E-state index contributed by atoms with van der Waals surface area (Å²) in [5.41, 5.74) is 0.811. The predicted molar refractivity (Wildman–Crippen MR) is 124 cm³/mol. The van der Waals surface area contributed by atoms with Crippen molar-refractivity contribution in [1.82, 2.24) is 15.2 Å². The Hall–Kier alpha value is -2.59. The normalized spacial score (nSPS) is 21.2. The summed E-state index contributed by atoms with van der Waals surface area (Å²) < 4.78 is 33.2. The summed E-state index contributed by atoms with van der Waals surface area (Å²) in [5.74, 6) is -2.38. The lowest BCUT2D eigenvalue weighted by molar-refractivity contribution is -0.136. The molecule has 34 heavy (non-hydrogen) atoms. The molecule has 7 nitrogen and oxygen atoms in total. The van der Waals surface area contributed by atoms with Crippen molar-refractivity contribution in [3.05, 3.63) is 74.7 Å². The van der Waals surface area contributed by atoms with Crippen molar-refractivity contribution in [3.63, 3.8) is 0 Å². The van der Waals surface area contributed by atoms with Crippen molar-refractivity contribution >= 4 is 35.0 Å². The summed E-state index contributed by atoms with van der Waals surface area (Å²) >= 11 is 12.5. The van der Waals surface area contributed by atoms with Crippen LogP contribution in [0.4, 0.5) is 8.78 Å². The number of hydrogen-bond donors (Lipinski definition) is 2. The van der Waals surface area contributed by atoms with Crippen LogP contribution >= 0.6 is 23.2 Å². The summed E-state index contributed by atoms with van der Waals surface area (Å²) in [7, 11) is 1.25. The van der Waals surface area contributed by atoms with Gasteiger partial charge in [0.05, 0.1) is 25.0 Å². The van der Waals surface area contributed by atoms with Crippen LogP contribution in [0.1, 0.15) is 30.1 Å². The first kappa shape index (κ1) is 24.5. The number of rotatable bonds is 5. The lowest BCUT2D eigenvalue weighted by Gasteiger charge is -2.34. The Morgan fingerprint density at radius 2 is 2.12 bits per heavy atom. The zero-order valence-electron chi connectivity index (χ0n) is 18.2. The van der Waals surface area contributed by atoms with E-state index in [1.165, 1.54) is 13.2 Å². The van der Waals surface area contributed by atoms with Crippen LogP contribution in [0.3, 0.4) is 0 Å². The van der Waals surface area contributed by atoms with Gasteiger partial charge < -0.3 is 15.2 Å². The Morgan fingerprint density at radius 3 is 2.79 bits per heavy atom. The molecule has 0 bridgehead atoms. The molecule has 4 rings (SSSR count). The molecule has 0 aliphatic carbocycles. The number of β-amino-alcohol motifs (C(OH)–C–C–N with tert-alkyl or cyclic N) is 1. The molecule has 0 spiro atoms. The van der Waals surface area contributed by atoms with E-state index < -0.39 is 29.7 Å². The molecule has 0 amide bonds. The summed E-state index contributed by atoms with van der Waals surface area (Å²) in [6.07, 6.45) is 1.86. The van der Waals surface area contributed by atoms with Crippen molar-refractivity contribution < 1.29 is 23.4 Å². The SMILES string of the molecule is COC(=O)C1=C(CN2CCCC(O)C2)NC(c2ncc(F)cc2F)=NC1c1ccc(Cl)cc1Cl. The van der Waals surface area contributed by atoms with E-state index in [1.54, 1.807) is 12.1 Å². The van der Waals surface area contributed by atoms with E-state index in [1.807, 2.05) is 4.90 Å². The lowest BCUT2D eigenvalue weighted by Crippen LogP contribution is -2.44. The zero-order chi connectivity index (χ0) is 24.4. The summed E-state index contributed by atoms with van der Waals surface area (Å²) in [6.45, 7) is 1.32. The second-order valence-corrected chi connectivity index (χ2v) is 8.91. The van der Waals surface area contributed by atoms with E-state index in [0.29, 0.717) is 41.9 Å². The number of likely N-dealkylation sites (tertiary alicyclic amines) is 1. The Bertz CT molecular complexity index is 1170. The largest absolute Gasteiger partial charge is 0.466 e. The van der Waals surface area contributed by atoms with Crippen LogP contribution in [0, 0.1) is 11.6 Å². The number of nitrogens with one attached hydrogen (secondary N) is 1. The van der Waals surface area contributed by atoms with Crippen LogP contribution in [-0.4, -0.2) is 59.6 Å². The third kappa shape index (κ3) is 5.22. The molecule has 0 radical (unpaired) electrons. The number of aliphatic imine (C=N–C) groups is 1. The third-order valence-corrected chi connectivity index (χ3v) is 6.25. The second-order valence-electron chi connectivity index (χ2n) is 8.07. The highest BCUT2D eigenvalue weighted by atomic mass is 35.5. The molecule has 0 saturated carbocycles. The molecule has 2 atom stereocenters. The van der Waals surface area contributed by atoms with Crippen molar-refractivity contribution in [3.8, 4) is 0 Å². The van der Waals surface area contributed by atoms with E-state index in [0.717, 1.165) is 12.6 Å². The van der Waals surface area contributed by atoms with Gasteiger partial charge in [0.25, 0.3) is 0 Å². The van der Waals surface area contributed by atoms with Gasteiger partial charge >= 0.3 is 5.97 Å². The number of hydrogen-bond acceptors (Lipinski definition) is 7. The molecule has 2 unspecified atom stereocenters. The van der Waals surface area contributed by atoms with Crippen molar-refractivity contribution in [2.75, 3.05) is 26.7 Å². The third-order valence-electron chi connectivity index (χ3n) is 5.68. The number of halogens is 4. The minimum absolute atomic E-state index is 0.00808. The van der Waals surface area contributed by atoms with Crippen molar-refractivity contribution in [2.24, 2.45) is 4.99 Å². The van der Waals surface area contributed by atoms with E-state index in [-0.39, 0.29) is 28.7 Å². The zero-order valence-corrected chi connectivity index (χ0v) is 19.7. The minimum Gasteiger partial charge on any atom is -0.466 e. The summed E-state index contributed by atoms with van der Waals surface area (Å²) in [4.78, 5) is 23.3. The molecule has 1 fully saturated rings. The highest BCUT2D eigenvalue weighted by molar-refractivity contribution is 6.35. The quantitative estimate of drug-likeness (QED) is 0.597. The molecule has 11 heteroatoms. The highest BCUT2D eigenvalue weighted by Crippen LogP contribution is 2.37. The number of aromatic nitrogens is 1. The van der Waals surface area contributed by atoms with Crippen LogP contribution in [0.15, 0.2) is 46.7 Å². The number of benzene rings is 1. The molecule has 1 aromatic carbocycles. The molecule has 180 valence electrons. The smallest absolute Gasteiger partial charge is 0.338 e. The number of carbonyl (C=O) groups is 1. The Labute approximate surface area is 205 Å². The second kappa shape index (κ2) is 10.4. The van der Waals surface area contributed by atoms with E-state index in [9.17, 15) is 18.7 Å². The van der Waals surface area contributed by atoms with Gasteiger partial charge in [-0.2, -0.15) is 0 Å². The molecular weight excluding hydrogens is 489 g/mol. The molecule has 2 aromatic rings.